The lowest BCUT2D eigenvalue weighted by atomic mass is 10.3. The lowest BCUT2D eigenvalue weighted by Crippen LogP contribution is -2.24. The van der Waals surface area contributed by atoms with Crippen LogP contribution in [0, 0.1) is 0 Å². The quantitative estimate of drug-likeness (QED) is 0.728. The van der Waals surface area contributed by atoms with Gasteiger partial charge in [0.1, 0.15) is 0 Å². The van der Waals surface area contributed by atoms with Gasteiger partial charge < -0.3 is 5.32 Å². The number of alkyl halides is 1. The first-order valence-electron chi connectivity index (χ1n) is 3.69. The van der Waals surface area contributed by atoms with Crippen LogP contribution >= 0.6 is 46.6 Å². The standard InChI is InChI=1S/C8H4Cl3NOS/c9-3-1-2-4-6(5(3)10)14-7(11)8(13)12-4/h1-2,7H,(H,12,13). The number of nitrogens with one attached hydrogen (secondary N) is 1. The van der Waals surface area contributed by atoms with Gasteiger partial charge in [-0.05, 0) is 12.1 Å². The monoisotopic (exact) mass is 267 g/mol. The van der Waals surface area contributed by atoms with Gasteiger partial charge in [-0.25, -0.2) is 0 Å². The maximum absolute atomic E-state index is 11.2. The molecule has 1 aliphatic heterocycles. The molecular weight excluding hydrogens is 265 g/mol. The summed E-state index contributed by atoms with van der Waals surface area (Å²) < 4.78 is -0.654. The Bertz CT molecular complexity index is 410. The molecule has 1 N–H and O–H groups in total. The van der Waals surface area contributed by atoms with E-state index in [-0.39, 0.29) is 5.91 Å². The van der Waals surface area contributed by atoms with Crippen molar-refractivity contribution < 1.29 is 4.79 Å². The Morgan fingerprint density at radius 1 is 1.36 bits per heavy atom. The van der Waals surface area contributed by atoms with Gasteiger partial charge in [-0.2, -0.15) is 0 Å². The van der Waals surface area contributed by atoms with Crippen LogP contribution in [-0.4, -0.2) is 10.6 Å². The second-order valence-electron chi connectivity index (χ2n) is 2.66. The molecule has 1 unspecified atom stereocenters. The lowest BCUT2D eigenvalue weighted by Gasteiger charge is -2.21. The number of hydrogen-bond acceptors (Lipinski definition) is 2. The third-order valence-electron chi connectivity index (χ3n) is 1.74. The van der Waals surface area contributed by atoms with E-state index in [0.29, 0.717) is 15.7 Å². The van der Waals surface area contributed by atoms with Crippen molar-refractivity contribution in [1.82, 2.24) is 0 Å². The number of anilines is 1. The van der Waals surface area contributed by atoms with Crippen molar-refractivity contribution in [3.05, 3.63) is 22.2 Å². The van der Waals surface area contributed by atoms with E-state index in [9.17, 15) is 4.79 Å². The Morgan fingerprint density at radius 2 is 2.07 bits per heavy atom. The summed E-state index contributed by atoms with van der Waals surface area (Å²) >= 11 is 18.8. The number of halogens is 3. The minimum atomic E-state index is -0.654. The predicted octanol–water partition coefficient (Wildman–Crippen LogP) is 3.60. The number of hydrogen-bond donors (Lipinski definition) is 1. The summed E-state index contributed by atoms with van der Waals surface area (Å²) in [6.07, 6.45) is 0. The summed E-state index contributed by atoms with van der Waals surface area (Å²) in [7, 11) is 0. The first-order valence-corrected chi connectivity index (χ1v) is 5.76. The van der Waals surface area contributed by atoms with E-state index in [1.165, 1.54) is 11.8 Å². The Hall–Kier alpha value is -0.0900. The third kappa shape index (κ3) is 1.70. The van der Waals surface area contributed by atoms with Crippen LogP contribution in [0.25, 0.3) is 0 Å². The van der Waals surface area contributed by atoms with Crippen molar-refractivity contribution in [3.8, 4) is 0 Å². The molecule has 6 heteroatoms. The molecule has 0 aromatic heterocycles. The first-order chi connectivity index (χ1) is 6.59. The van der Waals surface area contributed by atoms with Gasteiger partial charge in [0.05, 0.1) is 20.6 Å². The highest BCUT2D eigenvalue weighted by atomic mass is 35.5. The fourth-order valence-electron chi connectivity index (χ4n) is 1.09. The summed E-state index contributed by atoms with van der Waals surface area (Å²) in [5.74, 6) is -0.234. The predicted molar refractivity (Wildman–Crippen MR) is 60.6 cm³/mol. The van der Waals surface area contributed by atoms with Crippen LogP contribution in [0.15, 0.2) is 17.0 Å². The van der Waals surface area contributed by atoms with Gasteiger partial charge in [-0.3, -0.25) is 4.79 Å². The van der Waals surface area contributed by atoms with Crippen molar-refractivity contribution in [1.29, 1.82) is 0 Å². The average molecular weight is 269 g/mol. The molecule has 0 radical (unpaired) electrons. The molecule has 1 atom stereocenters. The van der Waals surface area contributed by atoms with Crippen molar-refractivity contribution in [2.75, 3.05) is 5.32 Å². The first kappa shape index (κ1) is 10.4. The number of thioether (sulfide) groups is 1. The van der Waals surface area contributed by atoms with Gasteiger partial charge in [0.2, 0.25) is 0 Å². The molecule has 1 aromatic rings. The third-order valence-corrected chi connectivity index (χ3v) is 4.20. The fraction of sp³-hybridized carbons (Fsp3) is 0.125. The maximum Gasteiger partial charge on any atom is 0.253 e. The smallest absolute Gasteiger partial charge is 0.253 e. The normalized spacial score (nSPS) is 20.2. The van der Waals surface area contributed by atoms with Crippen molar-refractivity contribution >= 4 is 58.2 Å². The Labute approximate surface area is 99.9 Å². The molecule has 0 fully saturated rings. The van der Waals surface area contributed by atoms with Gasteiger partial charge in [0.15, 0.2) is 4.71 Å². The van der Waals surface area contributed by atoms with E-state index in [0.717, 1.165) is 4.90 Å². The number of carbonyl (C=O) groups excluding carboxylic acids is 1. The second-order valence-corrected chi connectivity index (χ2v) is 5.26. The maximum atomic E-state index is 11.2. The van der Waals surface area contributed by atoms with Crippen LogP contribution in [0.4, 0.5) is 5.69 Å². The lowest BCUT2D eigenvalue weighted by molar-refractivity contribution is -0.114. The van der Waals surface area contributed by atoms with E-state index in [1.54, 1.807) is 12.1 Å². The highest BCUT2D eigenvalue weighted by molar-refractivity contribution is 8.02. The van der Waals surface area contributed by atoms with E-state index in [1.807, 2.05) is 0 Å². The van der Waals surface area contributed by atoms with Crippen molar-refractivity contribution in [3.63, 3.8) is 0 Å². The number of fused-ring (bicyclic) bond motifs is 1. The van der Waals surface area contributed by atoms with Crippen LogP contribution in [0.1, 0.15) is 0 Å². The largest absolute Gasteiger partial charge is 0.323 e. The SMILES string of the molecule is O=C1Nc2ccc(Cl)c(Cl)c2SC1Cl. The van der Waals surface area contributed by atoms with Gasteiger partial charge in [0.25, 0.3) is 5.91 Å². The Balaban J connectivity index is 2.52. The Kier molecular flexibility index (Phi) is 2.84. The zero-order valence-corrected chi connectivity index (χ0v) is 9.77. The highest BCUT2D eigenvalue weighted by Crippen LogP contribution is 2.44. The summed E-state index contributed by atoms with van der Waals surface area (Å²) in [5, 5.41) is 3.53. The summed E-state index contributed by atoms with van der Waals surface area (Å²) in [4.78, 5) is 11.9. The van der Waals surface area contributed by atoms with Gasteiger partial charge in [-0.1, -0.05) is 46.6 Å². The molecule has 0 bridgehead atoms. The van der Waals surface area contributed by atoms with Crippen molar-refractivity contribution in [2.45, 2.75) is 9.60 Å². The van der Waals surface area contributed by atoms with Gasteiger partial charge in [-0.15, -0.1) is 0 Å². The molecule has 2 rings (SSSR count). The molecule has 0 saturated carbocycles. The number of amides is 1. The van der Waals surface area contributed by atoms with Crippen molar-refractivity contribution in [2.24, 2.45) is 0 Å². The van der Waals surface area contributed by atoms with Crippen LogP contribution in [0.2, 0.25) is 10.0 Å². The molecule has 0 spiro atoms. The summed E-state index contributed by atoms with van der Waals surface area (Å²) in [6.45, 7) is 0. The molecule has 1 heterocycles. The number of rotatable bonds is 0. The Morgan fingerprint density at radius 3 is 2.79 bits per heavy atom. The summed E-state index contributed by atoms with van der Waals surface area (Å²) in [5.41, 5.74) is 0.659. The van der Waals surface area contributed by atoms with E-state index < -0.39 is 4.71 Å². The average Bonchev–Trinajstić information content (AvgIpc) is 2.15. The molecule has 14 heavy (non-hydrogen) atoms. The highest BCUT2D eigenvalue weighted by Gasteiger charge is 2.27. The van der Waals surface area contributed by atoms with Crippen LogP contribution in [0.5, 0.6) is 0 Å². The minimum absolute atomic E-state index is 0.234. The molecule has 74 valence electrons. The van der Waals surface area contributed by atoms with Gasteiger partial charge >= 0.3 is 0 Å². The van der Waals surface area contributed by atoms with E-state index in [4.69, 9.17) is 34.8 Å². The number of benzene rings is 1. The number of carbonyl (C=O) groups is 1. The van der Waals surface area contributed by atoms with Crippen LogP contribution in [-0.2, 0) is 4.79 Å². The molecular formula is C8H4Cl3NOS. The van der Waals surface area contributed by atoms with E-state index >= 15 is 0 Å². The summed E-state index contributed by atoms with van der Waals surface area (Å²) in [6, 6.07) is 3.34. The zero-order valence-electron chi connectivity index (χ0n) is 6.68. The van der Waals surface area contributed by atoms with E-state index in [2.05, 4.69) is 5.32 Å². The molecule has 0 aliphatic carbocycles. The minimum Gasteiger partial charge on any atom is -0.323 e. The van der Waals surface area contributed by atoms with Crippen LogP contribution < -0.4 is 5.32 Å². The fourth-order valence-corrected chi connectivity index (χ4v) is 2.76. The molecule has 2 nitrogen and oxygen atoms in total. The second kappa shape index (κ2) is 3.81. The molecule has 0 saturated heterocycles. The molecule has 1 amide bonds. The zero-order chi connectivity index (χ0) is 10.3. The molecule has 1 aromatic carbocycles. The van der Waals surface area contributed by atoms with Gasteiger partial charge in [0, 0.05) is 0 Å². The topological polar surface area (TPSA) is 29.1 Å². The molecule has 1 aliphatic rings. The van der Waals surface area contributed by atoms with Crippen LogP contribution in [0.3, 0.4) is 0 Å².